The number of nitrogens with one attached hydrogen (secondary N) is 4. The van der Waals surface area contributed by atoms with E-state index in [4.69, 9.17) is 0 Å². The number of hydrogen-bond donors (Lipinski definition) is 4. The predicted molar refractivity (Wildman–Crippen MR) is 97.9 cm³/mol. The first-order valence-corrected chi connectivity index (χ1v) is 8.58. The molecular weight excluding hydrogens is 334 g/mol. The second kappa shape index (κ2) is 7.81. The molecule has 0 spiro atoms. The summed E-state index contributed by atoms with van der Waals surface area (Å²) in [5.74, 6) is 0.473. The Labute approximate surface area is 150 Å². The summed E-state index contributed by atoms with van der Waals surface area (Å²) in [5.41, 5.74) is 1.80. The zero-order chi connectivity index (χ0) is 18.5. The van der Waals surface area contributed by atoms with Crippen molar-refractivity contribution in [3.63, 3.8) is 0 Å². The van der Waals surface area contributed by atoms with Crippen LogP contribution in [0.25, 0.3) is 11.4 Å². The van der Waals surface area contributed by atoms with Crippen LogP contribution in [-0.2, 0) is 11.2 Å². The number of carbonyl (C=O) groups is 2. The maximum absolute atomic E-state index is 12.2. The summed E-state index contributed by atoms with van der Waals surface area (Å²) in [5, 5.41) is 8.33. The van der Waals surface area contributed by atoms with E-state index in [0.717, 1.165) is 0 Å². The third-order valence-electron chi connectivity index (χ3n) is 4.15. The molecule has 1 aromatic heterocycles. The molecule has 0 aliphatic carbocycles. The summed E-state index contributed by atoms with van der Waals surface area (Å²) in [6.45, 7) is 2.36. The molecule has 136 valence electrons. The molecule has 1 aliphatic heterocycles. The van der Waals surface area contributed by atoms with Gasteiger partial charge in [0, 0.05) is 42.0 Å². The van der Waals surface area contributed by atoms with E-state index in [0.29, 0.717) is 48.6 Å². The number of hydrogen-bond acceptors (Lipinski definition) is 4. The average molecular weight is 355 g/mol. The molecule has 8 heteroatoms. The van der Waals surface area contributed by atoms with Crippen LogP contribution in [0.5, 0.6) is 0 Å². The minimum atomic E-state index is -0.341. The summed E-state index contributed by atoms with van der Waals surface area (Å²) in [7, 11) is 0. The van der Waals surface area contributed by atoms with Crippen molar-refractivity contribution in [2.75, 3.05) is 11.9 Å². The van der Waals surface area contributed by atoms with Crippen LogP contribution in [0.2, 0.25) is 0 Å². The number of aryl methyl sites for hydroxylation is 1. The van der Waals surface area contributed by atoms with Crippen molar-refractivity contribution in [3.8, 4) is 11.4 Å². The Morgan fingerprint density at radius 3 is 2.88 bits per heavy atom. The van der Waals surface area contributed by atoms with Gasteiger partial charge in [0.25, 0.3) is 5.56 Å². The average Bonchev–Trinajstić information content (AvgIpc) is 2.63. The van der Waals surface area contributed by atoms with Crippen LogP contribution in [0.15, 0.2) is 35.1 Å². The highest BCUT2D eigenvalue weighted by Crippen LogP contribution is 2.19. The monoisotopic (exact) mass is 355 g/mol. The van der Waals surface area contributed by atoms with Crippen molar-refractivity contribution in [1.82, 2.24) is 20.6 Å². The number of piperidine rings is 1. The van der Waals surface area contributed by atoms with Crippen molar-refractivity contribution in [1.29, 1.82) is 0 Å². The Morgan fingerprint density at radius 2 is 2.15 bits per heavy atom. The van der Waals surface area contributed by atoms with Crippen molar-refractivity contribution in [3.05, 3.63) is 46.4 Å². The van der Waals surface area contributed by atoms with Gasteiger partial charge in [-0.15, -0.1) is 0 Å². The largest absolute Gasteiger partial charge is 0.354 e. The molecule has 0 unspecified atom stereocenters. The molecule has 3 rings (SSSR count). The fourth-order valence-electron chi connectivity index (χ4n) is 2.78. The molecule has 8 nitrogen and oxygen atoms in total. The van der Waals surface area contributed by atoms with Gasteiger partial charge in [0.05, 0.1) is 0 Å². The Bertz CT molecular complexity index is 867. The predicted octanol–water partition coefficient (Wildman–Crippen LogP) is 1.40. The molecular formula is C18H21N5O3. The number of H-pyrrole nitrogens is 1. The number of benzene rings is 1. The van der Waals surface area contributed by atoms with E-state index in [1.807, 2.05) is 13.0 Å². The Hall–Kier alpha value is -3.16. The molecule has 1 aliphatic rings. The lowest BCUT2D eigenvalue weighted by Crippen LogP contribution is -2.48. The van der Waals surface area contributed by atoms with Gasteiger partial charge in [0.1, 0.15) is 5.82 Å². The van der Waals surface area contributed by atoms with Gasteiger partial charge in [-0.3, -0.25) is 9.59 Å². The topological polar surface area (TPSA) is 116 Å². The molecule has 2 aromatic rings. The normalized spacial score (nSPS) is 16.7. The van der Waals surface area contributed by atoms with Crippen molar-refractivity contribution in [2.24, 2.45) is 0 Å². The van der Waals surface area contributed by atoms with Crippen LogP contribution < -0.4 is 21.5 Å². The maximum Gasteiger partial charge on any atom is 0.319 e. The second-order valence-electron chi connectivity index (χ2n) is 6.16. The summed E-state index contributed by atoms with van der Waals surface area (Å²) < 4.78 is 0. The first kappa shape index (κ1) is 17.7. The molecule has 0 bridgehead atoms. The first-order chi connectivity index (χ1) is 12.5. The minimum absolute atomic E-state index is 0.00645. The van der Waals surface area contributed by atoms with Crippen LogP contribution in [0.1, 0.15) is 25.5 Å². The lowest BCUT2D eigenvalue weighted by atomic mass is 10.1. The van der Waals surface area contributed by atoms with E-state index in [2.05, 4.69) is 25.9 Å². The minimum Gasteiger partial charge on any atom is -0.354 e. The summed E-state index contributed by atoms with van der Waals surface area (Å²) in [4.78, 5) is 42.2. The van der Waals surface area contributed by atoms with Gasteiger partial charge >= 0.3 is 6.03 Å². The second-order valence-corrected chi connectivity index (χ2v) is 6.16. The Morgan fingerprint density at radius 1 is 1.31 bits per heavy atom. The van der Waals surface area contributed by atoms with E-state index in [1.54, 1.807) is 18.2 Å². The molecule has 4 N–H and O–H groups in total. The highest BCUT2D eigenvalue weighted by Gasteiger charge is 2.19. The van der Waals surface area contributed by atoms with Crippen LogP contribution in [0, 0.1) is 0 Å². The van der Waals surface area contributed by atoms with E-state index >= 15 is 0 Å². The van der Waals surface area contributed by atoms with Gasteiger partial charge in [-0.2, -0.15) is 0 Å². The summed E-state index contributed by atoms with van der Waals surface area (Å²) in [6.07, 6.45) is 1.69. The van der Waals surface area contributed by atoms with Crippen LogP contribution >= 0.6 is 0 Å². The SMILES string of the molecule is CCc1cc(=O)[nH]c(-c2cccc(NC(=O)N[C@H]3CCC(=O)NC3)c2)n1. The number of carbonyl (C=O) groups excluding carboxylic acids is 2. The summed E-state index contributed by atoms with van der Waals surface area (Å²) >= 11 is 0. The van der Waals surface area contributed by atoms with Gasteiger partial charge in [-0.25, -0.2) is 9.78 Å². The zero-order valence-corrected chi connectivity index (χ0v) is 14.5. The standard InChI is InChI=1S/C18H21N5O3/c1-2-12-9-16(25)23-17(20-12)11-4-3-5-13(8-11)21-18(26)22-14-6-7-15(24)19-10-14/h3-5,8-9,14H,2,6-7,10H2,1H3,(H,19,24)(H,20,23,25)(H2,21,22,26)/t14-/m0/s1. The Balaban J connectivity index is 1.69. The maximum atomic E-state index is 12.2. The van der Waals surface area contributed by atoms with Gasteiger partial charge < -0.3 is 20.9 Å². The molecule has 1 saturated heterocycles. The van der Waals surface area contributed by atoms with Crippen molar-refractivity contribution >= 4 is 17.6 Å². The molecule has 2 heterocycles. The lowest BCUT2D eigenvalue weighted by molar-refractivity contribution is -0.122. The van der Waals surface area contributed by atoms with E-state index < -0.39 is 0 Å². The van der Waals surface area contributed by atoms with Crippen molar-refractivity contribution < 1.29 is 9.59 Å². The number of urea groups is 1. The molecule has 1 atom stereocenters. The number of amides is 3. The highest BCUT2D eigenvalue weighted by molar-refractivity contribution is 5.90. The molecule has 26 heavy (non-hydrogen) atoms. The number of aromatic nitrogens is 2. The van der Waals surface area contributed by atoms with Crippen LogP contribution in [-0.4, -0.2) is 34.5 Å². The lowest BCUT2D eigenvalue weighted by Gasteiger charge is -2.23. The Kier molecular flexibility index (Phi) is 5.31. The van der Waals surface area contributed by atoms with Crippen LogP contribution in [0.3, 0.4) is 0 Å². The fourth-order valence-corrected chi connectivity index (χ4v) is 2.78. The van der Waals surface area contributed by atoms with Gasteiger partial charge in [-0.05, 0) is 25.0 Å². The quantitative estimate of drug-likeness (QED) is 0.663. The third-order valence-corrected chi connectivity index (χ3v) is 4.15. The molecule has 1 aromatic carbocycles. The first-order valence-electron chi connectivity index (χ1n) is 8.58. The molecule has 1 fully saturated rings. The zero-order valence-electron chi connectivity index (χ0n) is 14.5. The molecule has 0 saturated carbocycles. The van der Waals surface area contributed by atoms with Crippen LogP contribution in [0.4, 0.5) is 10.5 Å². The highest BCUT2D eigenvalue weighted by atomic mass is 16.2. The molecule has 3 amide bonds. The summed E-state index contributed by atoms with van der Waals surface area (Å²) in [6, 6.07) is 8.15. The number of nitrogens with zero attached hydrogens (tertiary/aromatic N) is 1. The number of rotatable bonds is 4. The fraction of sp³-hybridized carbons (Fsp3) is 0.333. The van der Waals surface area contributed by atoms with Crippen molar-refractivity contribution in [2.45, 2.75) is 32.2 Å². The van der Waals surface area contributed by atoms with E-state index in [1.165, 1.54) is 6.07 Å². The molecule has 0 radical (unpaired) electrons. The number of anilines is 1. The van der Waals surface area contributed by atoms with Gasteiger partial charge in [0.2, 0.25) is 5.91 Å². The third kappa shape index (κ3) is 4.47. The van der Waals surface area contributed by atoms with Gasteiger partial charge in [0.15, 0.2) is 0 Å². The van der Waals surface area contributed by atoms with E-state index in [-0.39, 0.29) is 23.5 Å². The van der Waals surface area contributed by atoms with E-state index in [9.17, 15) is 14.4 Å². The number of aromatic amines is 1. The van der Waals surface area contributed by atoms with Gasteiger partial charge in [-0.1, -0.05) is 19.1 Å². The smallest absolute Gasteiger partial charge is 0.319 e.